The number of aliphatic carboxylic acids is 1. The number of carbonyl (C=O) groups excluding carboxylic acids is 1. The fourth-order valence-corrected chi connectivity index (χ4v) is 1.09. The van der Waals surface area contributed by atoms with E-state index in [1.165, 1.54) is 0 Å². The quantitative estimate of drug-likeness (QED) is 0.726. The summed E-state index contributed by atoms with van der Waals surface area (Å²) in [5.41, 5.74) is 0. The van der Waals surface area contributed by atoms with Crippen LogP contribution in [0, 0.1) is 0 Å². The Bertz CT molecular complexity index is 282. The molecule has 100 valence electrons. The van der Waals surface area contributed by atoms with Gasteiger partial charge in [0.2, 0.25) is 0 Å². The smallest absolute Gasteiger partial charge is 0.406 e. The first-order valence-corrected chi connectivity index (χ1v) is 4.57. The van der Waals surface area contributed by atoms with Crippen LogP contribution in [0.4, 0.5) is 18.0 Å². The van der Waals surface area contributed by atoms with E-state index >= 15 is 0 Å². The van der Waals surface area contributed by atoms with Crippen LogP contribution >= 0.6 is 0 Å². The summed E-state index contributed by atoms with van der Waals surface area (Å²) in [7, 11) is 1.07. The number of urea groups is 1. The van der Waals surface area contributed by atoms with Crippen molar-refractivity contribution in [2.45, 2.75) is 6.18 Å². The van der Waals surface area contributed by atoms with Crippen molar-refractivity contribution in [3.63, 3.8) is 0 Å². The van der Waals surface area contributed by atoms with Crippen molar-refractivity contribution in [3.8, 4) is 0 Å². The molecule has 0 aromatic heterocycles. The van der Waals surface area contributed by atoms with Crippen LogP contribution in [0.3, 0.4) is 0 Å². The first kappa shape index (κ1) is 15.5. The van der Waals surface area contributed by atoms with Crippen LogP contribution < -0.4 is 0 Å². The Labute approximate surface area is 95.2 Å². The van der Waals surface area contributed by atoms with Crippen molar-refractivity contribution in [1.82, 2.24) is 9.80 Å². The van der Waals surface area contributed by atoms with Crippen LogP contribution in [0.15, 0.2) is 0 Å². The zero-order valence-corrected chi connectivity index (χ0v) is 9.07. The van der Waals surface area contributed by atoms with Gasteiger partial charge < -0.3 is 20.0 Å². The van der Waals surface area contributed by atoms with Gasteiger partial charge in [0.15, 0.2) is 0 Å². The van der Waals surface area contributed by atoms with Gasteiger partial charge in [-0.05, 0) is 0 Å². The van der Waals surface area contributed by atoms with E-state index in [0.29, 0.717) is 9.80 Å². The zero-order chi connectivity index (χ0) is 13.6. The van der Waals surface area contributed by atoms with Crippen molar-refractivity contribution in [1.29, 1.82) is 0 Å². The highest BCUT2D eigenvalue weighted by Crippen LogP contribution is 2.17. The third-order valence-electron chi connectivity index (χ3n) is 1.71. The second kappa shape index (κ2) is 6.28. The van der Waals surface area contributed by atoms with Crippen LogP contribution in [-0.4, -0.2) is 71.5 Å². The first-order chi connectivity index (χ1) is 7.67. The Morgan fingerprint density at radius 2 is 1.82 bits per heavy atom. The fourth-order valence-electron chi connectivity index (χ4n) is 1.09. The van der Waals surface area contributed by atoms with Gasteiger partial charge in [-0.1, -0.05) is 0 Å². The van der Waals surface area contributed by atoms with Crippen LogP contribution in [0.25, 0.3) is 0 Å². The number of carboxylic acids is 1. The van der Waals surface area contributed by atoms with Gasteiger partial charge in [0.25, 0.3) is 0 Å². The summed E-state index contributed by atoms with van der Waals surface area (Å²) < 4.78 is 36.3. The number of amides is 2. The average Bonchev–Trinajstić information content (AvgIpc) is 2.12. The molecule has 0 fully saturated rings. The first-order valence-electron chi connectivity index (χ1n) is 4.57. The molecule has 0 radical (unpaired) electrons. The van der Waals surface area contributed by atoms with E-state index in [4.69, 9.17) is 10.2 Å². The maximum absolute atomic E-state index is 12.1. The Kier molecular flexibility index (Phi) is 5.72. The number of rotatable bonds is 5. The van der Waals surface area contributed by atoms with E-state index in [9.17, 15) is 22.8 Å². The molecule has 0 aromatic carbocycles. The predicted molar refractivity (Wildman–Crippen MR) is 50.4 cm³/mol. The third-order valence-corrected chi connectivity index (χ3v) is 1.71. The maximum atomic E-state index is 12.1. The van der Waals surface area contributed by atoms with Gasteiger partial charge in [0.05, 0.1) is 6.61 Å². The summed E-state index contributed by atoms with van der Waals surface area (Å²) in [6, 6.07) is -1.10. The number of aliphatic hydroxyl groups excluding tert-OH is 1. The SMILES string of the molecule is CN(CC(=O)O)C(=O)N(CCO)CC(F)(F)F. The standard InChI is InChI=1S/C8H13F3N2O4/c1-12(4-6(15)16)7(17)13(2-3-14)5-8(9,10)11/h14H,2-5H2,1H3,(H,15,16). The van der Waals surface area contributed by atoms with E-state index in [-0.39, 0.29) is 0 Å². The van der Waals surface area contributed by atoms with Crippen LogP contribution in [0.5, 0.6) is 0 Å². The van der Waals surface area contributed by atoms with Crippen LogP contribution in [0.1, 0.15) is 0 Å². The highest BCUT2D eigenvalue weighted by atomic mass is 19.4. The number of hydrogen-bond donors (Lipinski definition) is 2. The molecule has 9 heteroatoms. The van der Waals surface area contributed by atoms with Gasteiger partial charge >= 0.3 is 18.2 Å². The largest absolute Gasteiger partial charge is 0.480 e. The zero-order valence-electron chi connectivity index (χ0n) is 9.07. The van der Waals surface area contributed by atoms with Gasteiger partial charge in [-0.2, -0.15) is 13.2 Å². The van der Waals surface area contributed by atoms with Crippen molar-refractivity contribution in [3.05, 3.63) is 0 Å². The topological polar surface area (TPSA) is 81.1 Å². The number of carboxylic acid groups (broad SMARTS) is 1. The van der Waals surface area contributed by atoms with E-state index in [2.05, 4.69) is 0 Å². The molecular weight excluding hydrogens is 245 g/mol. The second-order valence-electron chi connectivity index (χ2n) is 3.29. The van der Waals surface area contributed by atoms with Crippen molar-refractivity contribution >= 4 is 12.0 Å². The molecular formula is C8H13F3N2O4. The number of alkyl halides is 3. The van der Waals surface area contributed by atoms with E-state index < -0.39 is 44.4 Å². The Morgan fingerprint density at radius 3 is 2.18 bits per heavy atom. The molecule has 17 heavy (non-hydrogen) atoms. The van der Waals surface area contributed by atoms with Crippen LogP contribution in [0.2, 0.25) is 0 Å². The van der Waals surface area contributed by atoms with Gasteiger partial charge in [0.1, 0.15) is 13.1 Å². The van der Waals surface area contributed by atoms with E-state index in [1.54, 1.807) is 0 Å². The third kappa shape index (κ3) is 6.61. The number of halogens is 3. The maximum Gasteiger partial charge on any atom is 0.406 e. The highest BCUT2D eigenvalue weighted by Gasteiger charge is 2.34. The lowest BCUT2D eigenvalue weighted by molar-refractivity contribution is -0.142. The lowest BCUT2D eigenvalue weighted by atomic mass is 10.4. The van der Waals surface area contributed by atoms with Crippen molar-refractivity contribution in [2.24, 2.45) is 0 Å². The van der Waals surface area contributed by atoms with Crippen molar-refractivity contribution < 1.29 is 33.0 Å². The normalized spacial score (nSPS) is 11.1. The number of carbonyl (C=O) groups is 2. The number of nitrogens with zero attached hydrogens (tertiary/aromatic N) is 2. The fraction of sp³-hybridized carbons (Fsp3) is 0.750. The van der Waals surface area contributed by atoms with Gasteiger partial charge in [0, 0.05) is 13.6 Å². The second-order valence-corrected chi connectivity index (χ2v) is 3.29. The summed E-state index contributed by atoms with van der Waals surface area (Å²) in [5, 5.41) is 16.9. The molecule has 2 N–H and O–H groups in total. The molecule has 0 aliphatic rings. The predicted octanol–water partition coefficient (Wildman–Crippen LogP) is -0.0206. The summed E-state index contributed by atoms with van der Waals surface area (Å²) in [4.78, 5) is 22.7. The number of hydrogen-bond acceptors (Lipinski definition) is 3. The lowest BCUT2D eigenvalue weighted by Gasteiger charge is -2.27. The minimum absolute atomic E-state index is 0.336. The number of likely N-dealkylation sites (N-methyl/N-ethyl adjacent to an activating group) is 1. The Hall–Kier alpha value is -1.51. The summed E-state index contributed by atoms with van der Waals surface area (Å²) in [6.45, 7) is -3.39. The molecule has 2 amide bonds. The summed E-state index contributed by atoms with van der Waals surface area (Å²) >= 11 is 0. The minimum atomic E-state index is -4.60. The molecule has 0 rings (SSSR count). The molecule has 6 nitrogen and oxygen atoms in total. The molecule has 0 aromatic rings. The van der Waals surface area contributed by atoms with E-state index in [0.717, 1.165) is 7.05 Å². The highest BCUT2D eigenvalue weighted by molar-refractivity contribution is 5.79. The molecule has 0 spiro atoms. The molecule has 0 heterocycles. The molecule has 0 aliphatic heterocycles. The molecule has 0 atom stereocenters. The van der Waals surface area contributed by atoms with E-state index in [1.807, 2.05) is 0 Å². The molecule has 0 aliphatic carbocycles. The molecule has 0 saturated heterocycles. The summed E-state index contributed by atoms with van der Waals surface area (Å²) in [5.74, 6) is -1.34. The lowest BCUT2D eigenvalue weighted by Crippen LogP contribution is -2.47. The molecule has 0 bridgehead atoms. The van der Waals surface area contributed by atoms with Gasteiger partial charge in [-0.15, -0.1) is 0 Å². The summed E-state index contributed by atoms with van der Waals surface area (Å²) in [6.07, 6.45) is -4.60. The average molecular weight is 258 g/mol. The Morgan fingerprint density at radius 1 is 1.29 bits per heavy atom. The van der Waals surface area contributed by atoms with Crippen LogP contribution in [-0.2, 0) is 4.79 Å². The van der Waals surface area contributed by atoms with Gasteiger partial charge in [-0.3, -0.25) is 4.79 Å². The minimum Gasteiger partial charge on any atom is -0.480 e. The van der Waals surface area contributed by atoms with Crippen molar-refractivity contribution in [2.75, 3.05) is 33.3 Å². The Balaban J connectivity index is 4.58. The molecule has 0 unspecified atom stereocenters. The number of aliphatic hydroxyl groups is 1. The molecule has 0 saturated carbocycles. The monoisotopic (exact) mass is 258 g/mol. The van der Waals surface area contributed by atoms with Gasteiger partial charge in [-0.25, -0.2) is 4.79 Å².